The van der Waals surface area contributed by atoms with Gasteiger partial charge in [-0.05, 0) is 30.3 Å². The number of methoxy groups -OCH3 is 1. The first kappa shape index (κ1) is 29.9. The van der Waals surface area contributed by atoms with Crippen LogP contribution in [0.25, 0.3) is 22.2 Å². The lowest BCUT2D eigenvalue weighted by molar-refractivity contribution is -0.199. The van der Waals surface area contributed by atoms with E-state index in [1.54, 1.807) is 12.1 Å². The minimum absolute atomic E-state index is 0.0932. The van der Waals surface area contributed by atoms with E-state index < -0.39 is 54.7 Å². The lowest BCUT2D eigenvalue weighted by Crippen LogP contribution is -2.43. The zero-order valence-corrected chi connectivity index (χ0v) is 23.0. The first-order valence-electron chi connectivity index (χ1n) is 12.6. The summed E-state index contributed by atoms with van der Waals surface area (Å²) in [7, 11) is -4.41. The molecule has 1 aliphatic heterocycles. The number of benzene rings is 2. The number of fused-ring (bicyclic) bond motifs is 1. The molecular weight excluding hydrogens is 601 g/mol. The second-order valence-electron chi connectivity index (χ2n) is 9.22. The van der Waals surface area contributed by atoms with Gasteiger partial charge in [0.1, 0.15) is 16.5 Å². The van der Waals surface area contributed by atoms with Crippen LogP contribution < -0.4 is 19.4 Å². The molecule has 4 aromatic rings. The Labute approximate surface area is 241 Å². The fourth-order valence-corrected chi connectivity index (χ4v) is 5.73. The van der Waals surface area contributed by atoms with Crippen molar-refractivity contribution in [3.63, 3.8) is 0 Å². The van der Waals surface area contributed by atoms with Crippen LogP contribution in [0, 0.1) is 11.6 Å². The van der Waals surface area contributed by atoms with E-state index in [0.717, 1.165) is 50.4 Å². The number of carbonyl (C=O) groups excluding carboxylic acids is 1. The summed E-state index contributed by atoms with van der Waals surface area (Å²) < 4.78 is 99.3. The van der Waals surface area contributed by atoms with Gasteiger partial charge in [-0.2, -0.15) is 21.6 Å². The molecule has 0 aliphatic carbocycles. The molecule has 0 unspecified atom stereocenters. The fraction of sp³-hybridized carbons (Fsp3) is 0.222. The van der Waals surface area contributed by atoms with Crippen molar-refractivity contribution in [2.24, 2.45) is 0 Å². The highest BCUT2D eigenvalue weighted by Gasteiger charge is 2.46. The molecule has 0 spiro atoms. The lowest BCUT2D eigenvalue weighted by Gasteiger charge is -2.30. The molecule has 226 valence electrons. The Morgan fingerprint density at radius 2 is 1.79 bits per heavy atom. The van der Waals surface area contributed by atoms with Gasteiger partial charge in [0.2, 0.25) is 5.88 Å². The fourth-order valence-electron chi connectivity index (χ4n) is 4.45. The molecule has 1 saturated heterocycles. The molecule has 5 rings (SSSR count). The van der Waals surface area contributed by atoms with Gasteiger partial charge in [0.25, 0.3) is 10.0 Å². The predicted octanol–water partition coefficient (Wildman–Crippen LogP) is 4.21. The van der Waals surface area contributed by atoms with E-state index >= 15 is 0 Å². The van der Waals surface area contributed by atoms with Crippen LogP contribution in [-0.4, -0.2) is 63.8 Å². The van der Waals surface area contributed by atoms with Crippen molar-refractivity contribution in [2.75, 3.05) is 42.7 Å². The third-order valence-corrected chi connectivity index (χ3v) is 8.06. The van der Waals surface area contributed by atoms with E-state index in [1.807, 2.05) is 18.2 Å². The van der Waals surface area contributed by atoms with E-state index in [4.69, 9.17) is 9.72 Å². The van der Waals surface area contributed by atoms with E-state index in [9.17, 15) is 35.2 Å². The van der Waals surface area contributed by atoms with Crippen molar-refractivity contribution >= 4 is 38.3 Å². The highest BCUT2D eigenvalue weighted by Crippen LogP contribution is 2.37. The standard InChI is InChI=1S/C27H22F5N5O5S/c1-41-25-22(37(42-26(38)27(30,31)32)43(39,40)23-8-6-18(28)14-19(23)29)13-17(15-34-25)20-7-5-16-3-2-4-21(24(16)35-20)36-11-9-33-10-12-36/h2-8,13-15,33H,9-12H2,1H3. The minimum atomic E-state index is -5.65. The number of anilines is 2. The number of para-hydroxylation sites is 1. The van der Waals surface area contributed by atoms with Gasteiger partial charge >= 0.3 is 12.1 Å². The van der Waals surface area contributed by atoms with Crippen molar-refractivity contribution in [3.8, 4) is 17.1 Å². The number of nitrogens with zero attached hydrogens (tertiary/aromatic N) is 4. The number of hydrogen-bond donors (Lipinski definition) is 1. The van der Waals surface area contributed by atoms with Crippen LogP contribution in [0.2, 0.25) is 0 Å². The van der Waals surface area contributed by atoms with Crippen LogP contribution in [0.1, 0.15) is 0 Å². The number of pyridine rings is 2. The van der Waals surface area contributed by atoms with Crippen LogP contribution in [0.15, 0.2) is 65.7 Å². The van der Waals surface area contributed by atoms with E-state index in [0.29, 0.717) is 17.6 Å². The normalized spacial score (nSPS) is 14.0. The Balaban J connectivity index is 1.66. The highest BCUT2D eigenvalue weighted by atomic mass is 32.2. The van der Waals surface area contributed by atoms with E-state index in [1.165, 1.54) is 6.20 Å². The maximum absolute atomic E-state index is 14.6. The van der Waals surface area contributed by atoms with Gasteiger partial charge in [-0.25, -0.2) is 23.5 Å². The number of nitrogens with one attached hydrogen (secondary N) is 1. The van der Waals surface area contributed by atoms with Gasteiger partial charge in [-0.1, -0.05) is 22.7 Å². The smallest absolute Gasteiger partial charge is 0.479 e. The molecule has 1 aliphatic rings. The van der Waals surface area contributed by atoms with Crippen molar-refractivity contribution < 1.29 is 44.7 Å². The quantitative estimate of drug-likeness (QED) is 0.239. The van der Waals surface area contributed by atoms with Crippen LogP contribution in [0.5, 0.6) is 5.88 Å². The highest BCUT2D eigenvalue weighted by molar-refractivity contribution is 7.92. The molecular formula is C27H22F5N5O5S. The van der Waals surface area contributed by atoms with Gasteiger partial charge in [-0.15, -0.1) is 0 Å². The van der Waals surface area contributed by atoms with Crippen molar-refractivity contribution in [1.82, 2.24) is 15.3 Å². The summed E-state index contributed by atoms with van der Waals surface area (Å²) in [6.45, 7) is 2.96. The van der Waals surface area contributed by atoms with Crippen molar-refractivity contribution in [3.05, 3.63) is 72.4 Å². The zero-order valence-electron chi connectivity index (χ0n) is 22.2. The molecule has 16 heteroatoms. The summed E-state index contributed by atoms with van der Waals surface area (Å²) >= 11 is 0. The largest absolute Gasteiger partial charge is 0.493 e. The molecule has 43 heavy (non-hydrogen) atoms. The average molecular weight is 624 g/mol. The van der Waals surface area contributed by atoms with E-state index in [2.05, 4.69) is 20.0 Å². The molecule has 1 N–H and O–H groups in total. The summed E-state index contributed by atoms with van der Waals surface area (Å²) in [4.78, 5) is 25.7. The molecule has 0 atom stereocenters. The minimum Gasteiger partial charge on any atom is -0.479 e. The Bertz CT molecular complexity index is 1800. The van der Waals surface area contributed by atoms with Crippen LogP contribution in [-0.2, 0) is 19.7 Å². The lowest BCUT2D eigenvalue weighted by atomic mass is 10.1. The summed E-state index contributed by atoms with van der Waals surface area (Å²) in [5.41, 5.74) is 0.950. The van der Waals surface area contributed by atoms with Gasteiger partial charge in [-0.3, -0.25) is 0 Å². The second-order valence-corrected chi connectivity index (χ2v) is 10.9. The third-order valence-electron chi connectivity index (χ3n) is 6.46. The number of hydrogen-bond acceptors (Lipinski definition) is 9. The Morgan fingerprint density at radius 1 is 1.05 bits per heavy atom. The summed E-state index contributed by atoms with van der Waals surface area (Å²) in [6.07, 6.45) is -4.42. The molecule has 3 heterocycles. The Kier molecular flexibility index (Phi) is 8.07. The molecule has 0 radical (unpaired) electrons. The van der Waals surface area contributed by atoms with Gasteiger partial charge in [0.15, 0.2) is 5.69 Å². The third kappa shape index (κ3) is 6.01. The molecule has 0 bridgehead atoms. The maximum Gasteiger partial charge on any atom is 0.493 e. The van der Waals surface area contributed by atoms with Crippen LogP contribution in [0.4, 0.5) is 33.3 Å². The van der Waals surface area contributed by atoms with Crippen molar-refractivity contribution in [2.45, 2.75) is 11.1 Å². The number of piperazine rings is 1. The monoisotopic (exact) mass is 623 g/mol. The molecule has 0 saturated carbocycles. The topological polar surface area (TPSA) is 114 Å². The summed E-state index contributed by atoms with van der Waals surface area (Å²) in [6, 6.07) is 11.2. The molecule has 0 amide bonds. The van der Waals surface area contributed by atoms with Gasteiger partial charge < -0.3 is 19.8 Å². The number of sulfonamides is 1. The number of ether oxygens (including phenoxy) is 1. The van der Waals surface area contributed by atoms with Gasteiger partial charge in [0, 0.05) is 49.4 Å². The average Bonchev–Trinajstić information content (AvgIpc) is 2.98. The summed E-state index contributed by atoms with van der Waals surface area (Å²) in [5.74, 6) is -6.32. The number of aromatic nitrogens is 2. The van der Waals surface area contributed by atoms with Crippen molar-refractivity contribution in [1.29, 1.82) is 0 Å². The first-order chi connectivity index (χ1) is 20.4. The molecule has 10 nitrogen and oxygen atoms in total. The van der Waals surface area contributed by atoms with E-state index in [-0.39, 0.29) is 17.3 Å². The molecule has 1 fully saturated rings. The van der Waals surface area contributed by atoms with Crippen LogP contribution in [0.3, 0.4) is 0 Å². The maximum atomic E-state index is 14.6. The molecule has 2 aromatic carbocycles. The Morgan fingerprint density at radius 3 is 2.47 bits per heavy atom. The number of alkyl halides is 3. The number of carbonyl (C=O) groups is 1. The molecule has 2 aromatic heterocycles. The number of halogens is 5. The second kappa shape index (κ2) is 11.6. The first-order valence-corrected chi connectivity index (χ1v) is 14.0. The number of rotatable bonds is 7. The SMILES string of the molecule is COc1ncc(-c2ccc3cccc(N4CCNCC4)c3n2)cc1N(OC(=O)C(F)(F)F)S(=O)(=O)c1ccc(F)cc1F. The zero-order chi connectivity index (χ0) is 30.9. The Hall–Kier alpha value is -4.57. The van der Waals surface area contributed by atoms with Crippen LogP contribution >= 0.6 is 0 Å². The van der Waals surface area contributed by atoms with Gasteiger partial charge in [0.05, 0.1) is 24.0 Å². The predicted molar refractivity (Wildman–Crippen MR) is 145 cm³/mol. The summed E-state index contributed by atoms with van der Waals surface area (Å²) in [5, 5.41) is 4.05.